The van der Waals surface area contributed by atoms with Crippen molar-refractivity contribution < 1.29 is 13.2 Å². The van der Waals surface area contributed by atoms with Crippen LogP contribution in [0.15, 0.2) is 54.9 Å². The van der Waals surface area contributed by atoms with Gasteiger partial charge in [-0.05, 0) is 38.1 Å². The Kier molecular flexibility index (Phi) is 8.01. The van der Waals surface area contributed by atoms with Gasteiger partial charge in [0.05, 0.1) is 41.5 Å². The van der Waals surface area contributed by atoms with Crippen LogP contribution in [0.4, 0.5) is 17.3 Å². The van der Waals surface area contributed by atoms with Crippen molar-refractivity contribution in [3.8, 4) is 17.0 Å². The molecule has 0 radical (unpaired) electrons. The highest BCUT2D eigenvalue weighted by Gasteiger charge is 2.27. The van der Waals surface area contributed by atoms with E-state index < -0.39 is 10.0 Å². The lowest BCUT2D eigenvalue weighted by Gasteiger charge is -2.42. The molecule has 6 rings (SSSR count). The van der Waals surface area contributed by atoms with E-state index in [-0.39, 0.29) is 0 Å². The van der Waals surface area contributed by atoms with E-state index in [1.54, 1.807) is 25.4 Å². The number of methoxy groups -OCH3 is 1. The molecule has 4 aromatic rings. The number of piperidine rings is 1. The number of likely N-dealkylation sites (N-methyl/N-ethyl adjacent to an activating group) is 1. The number of halogens is 1. The first kappa shape index (κ1) is 28.7. The summed E-state index contributed by atoms with van der Waals surface area (Å²) in [5, 5.41) is 4.32. The van der Waals surface area contributed by atoms with Gasteiger partial charge in [-0.15, -0.1) is 0 Å². The van der Waals surface area contributed by atoms with Crippen LogP contribution >= 0.6 is 11.6 Å². The van der Waals surface area contributed by atoms with E-state index in [9.17, 15) is 8.42 Å². The minimum Gasteiger partial charge on any atom is -0.494 e. The van der Waals surface area contributed by atoms with Gasteiger partial charge in [0.15, 0.2) is 0 Å². The smallest absolute Gasteiger partial charge is 0.236 e. The molecule has 2 aromatic heterocycles. The summed E-state index contributed by atoms with van der Waals surface area (Å²) in [6, 6.07) is 14.0. The standard InChI is InChI=1S/C30H36ClN7O3S/c1-35-14-16-37(17-15-35)21-10-12-36(13-11-21)22-8-9-26(28(18-22)41-2)33-30-32-19-25(31)29(34-30)24-20-38(42(3,39)40)27-7-5-4-6-23(24)27/h4-9,18-21H,10-17H2,1-3H3,(H,32,33,34). The predicted octanol–water partition coefficient (Wildman–Crippen LogP) is 4.53. The van der Waals surface area contributed by atoms with Crippen molar-refractivity contribution in [2.24, 2.45) is 0 Å². The summed E-state index contributed by atoms with van der Waals surface area (Å²) < 4.78 is 31.9. The van der Waals surface area contributed by atoms with Crippen LogP contribution in [0.5, 0.6) is 5.75 Å². The van der Waals surface area contributed by atoms with Crippen molar-refractivity contribution in [1.82, 2.24) is 23.7 Å². The summed E-state index contributed by atoms with van der Waals surface area (Å²) in [7, 11) is 0.318. The molecule has 0 atom stereocenters. The number of benzene rings is 2. The molecule has 0 bridgehead atoms. The Morgan fingerprint density at radius 2 is 1.76 bits per heavy atom. The van der Waals surface area contributed by atoms with Crippen LogP contribution in [0.2, 0.25) is 5.02 Å². The number of nitrogens with one attached hydrogen (secondary N) is 1. The Hall–Kier alpha value is -3.38. The SMILES string of the molecule is COc1cc(N2CCC(N3CCN(C)CC3)CC2)ccc1Nc1ncc(Cl)c(-c2cn(S(C)(=O)=O)c3ccccc23)n1. The van der Waals surface area contributed by atoms with Crippen LogP contribution < -0.4 is 15.0 Å². The summed E-state index contributed by atoms with van der Waals surface area (Å²) in [6.45, 7) is 6.63. The van der Waals surface area contributed by atoms with Crippen LogP contribution in [0.1, 0.15) is 12.8 Å². The number of fused-ring (bicyclic) bond motifs is 1. The van der Waals surface area contributed by atoms with Gasteiger partial charge in [0.1, 0.15) is 5.75 Å². The van der Waals surface area contributed by atoms with Gasteiger partial charge in [0.25, 0.3) is 0 Å². The molecule has 0 saturated carbocycles. The van der Waals surface area contributed by atoms with Gasteiger partial charge >= 0.3 is 0 Å². The van der Waals surface area contributed by atoms with Crippen LogP contribution in [0.3, 0.4) is 0 Å². The highest BCUT2D eigenvalue weighted by atomic mass is 35.5. The van der Waals surface area contributed by atoms with Gasteiger partial charge in [0.2, 0.25) is 16.0 Å². The first-order chi connectivity index (χ1) is 20.2. The molecule has 42 heavy (non-hydrogen) atoms. The topological polar surface area (TPSA) is 95.8 Å². The zero-order chi connectivity index (χ0) is 29.4. The Morgan fingerprint density at radius 1 is 1.02 bits per heavy atom. The van der Waals surface area contributed by atoms with Gasteiger partial charge in [-0.25, -0.2) is 22.4 Å². The molecule has 2 saturated heterocycles. The second kappa shape index (κ2) is 11.7. The third-order valence-corrected chi connectivity index (χ3v) is 9.64. The van der Waals surface area contributed by atoms with E-state index in [4.69, 9.17) is 21.3 Å². The number of hydrogen-bond donors (Lipinski definition) is 1. The molecule has 222 valence electrons. The summed E-state index contributed by atoms with van der Waals surface area (Å²) >= 11 is 6.54. The molecule has 10 nitrogen and oxygen atoms in total. The minimum absolute atomic E-state index is 0.319. The molecule has 2 aliphatic heterocycles. The molecule has 2 aromatic carbocycles. The average Bonchev–Trinajstić information content (AvgIpc) is 3.39. The zero-order valence-electron chi connectivity index (χ0n) is 24.1. The summed E-state index contributed by atoms with van der Waals surface area (Å²) in [4.78, 5) is 16.6. The number of aromatic nitrogens is 3. The average molecular weight is 610 g/mol. The Labute approximate surface area is 251 Å². The zero-order valence-corrected chi connectivity index (χ0v) is 25.7. The third-order valence-electron chi connectivity index (χ3n) is 8.35. The number of nitrogens with zero attached hydrogens (tertiary/aromatic N) is 6. The second-order valence-electron chi connectivity index (χ2n) is 11.1. The lowest BCUT2D eigenvalue weighted by molar-refractivity contribution is 0.0982. The largest absolute Gasteiger partial charge is 0.494 e. The van der Waals surface area contributed by atoms with E-state index in [0.29, 0.717) is 39.5 Å². The number of anilines is 3. The van der Waals surface area contributed by atoms with Crippen molar-refractivity contribution in [1.29, 1.82) is 0 Å². The molecular weight excluding hydrogens is 574 g/mol. The molecule has 2 aliphatic rings. The Bertz CT molecular complexity index is 1690. The molecule has 2 fully saturated rings. The lowest BCUT2D eigenvalue weighted by atomic mass is 10.0. The van der Waals surface area contributed by atoms with Gasteiger partial charge in [-0.1, -0.05) is 29.8 Å². The monoisotopic (exact) mass is 609 g/mol. The van der Waals surface area contributed by atoms with Crippen molar-refractivity contribution in [3.05, 3.63) is 59.9 Å². The molecular formula is C30H36ClN7O3S. The normalized spacial score (nSPS) is 17.6. The third kappa shape index (κ3) is 5.78. The summed E-state index contributed by atoms with van der Waals surface area (Å²) in [5.74, 6) is 1.01. The molecule has 1 N–H and O–H groups in total. The van der Waals surface area contributed by atoms with E-state index in [1.807, 2.05) is 18.2 Å². The molecule has 0 unspecified atom stereocenters. The lowest BCUT2D eigenvalue weighted by Crippen LogP contribution is -2.52. The van der Waals surface area contributed by atoms with Crippen LogP contribution in [0.25, 0.3) is 22.2 Å². The van der Waals surface area contributed by atoms with Gasteiger partial charge < -0.3 is 19.9 Å². The van der Waals surface area contributed by atoms with Crippen molar-refractivity contribution in [3.63, 3.8) is 0 Å². The summed E-state index contributed by atoms with van der Waals surface area (Å²) in [5.41, 5.74) is 3.45. The van der Waals surface area contributed by atoms with E-state index in [1.165, 1.54) is 16.4 Å². The summed E-state index contributed by atoms with van der Waals surface area (Å²) in [6.07, 6.45) is 6.56. The minimum atomic E-state index is -3.53. The van der Waals surface area contributed by atoms with Crippen molar-refractivity contribution in [2.75, 3.05) is 69.9 Å². The van der Waals surface area contributed by atoms with Crippen molar-refractivity contribution >= 4 is 49.9 Å². The molecule has 0 spiro atoms. The van der Waals surface area contributed by atoms with Crippen LogP contribution in [-0.2, 0) is 10.0 Å². The molecule has 0 amide bonds. The second-order valence-corrected chi connectivity index (χ2v) is 13.3. The van der Waals surface area contributed by atoms with Gasteiger partial charge in [-0.3, -0.25) is 4.90 Å². The molecule has 12 heteroatoms. The fourth-order valence-corrected chi connectivity index (χ4v) is 7.01. The number of hydrogen-bond acceptors (Lipinski definition) is 9. The highest BCUT2D eigenvalue weighted by Crippen LogP contribution is 2.37. The Balaban J connectivity index is 1.21. The first-order valence-electron chi connectivity index (χ1n) is 14.2. The molecule has 0 aliphatic carbocycles. The van der Waals surface area contributed by atoms with E-state index in [2.05, 4.69) is 44.2 Å². The van der Waals surface area contributed by atoms with Gasteiger partial charge in [0, 0.05) is 74.2 Å². The fraction of sp³-hybridized carbons (Fsp3) is 0.400. The number of piperazine rings is 1. The van der Waals surface area contributed by atoms with Crippen LogP contribution in [-0.4, -0.2) is 97.9 Å². The van der Waals surface area contributed by atoms with Crippen LogP contribution in [0, 0.1) is 0 Å². The number of rotatable bonds is 7. The van der Waals surface area contributed by atoms with Gasteiger partial charge in [-0.2, -0.15) is 0 Å². The maximum Gasteiger partial charge on any atom is 0.236 e. The number of para-hydroxylation sites is 1. The number of ether oxygens (including phenoxy) is 1. The molecule has 4 heterocycles. The van der Waals surface area contributed by atoms with E-state index >= 15 is 0 Å². The highest BCUT2D eigenvalue weighted by molar-refractivity contribution is 7.89. The predicted molar refractivity (Wildman–Crippen MR) is 169 cm³/mol. The Morgan fingerprint density at radius 3 is 2.48 bits per heavy atom. The quantitative estimate of drug-likeness (QED) is 0.324. The first-order valence-corrected chi connectivity index (χ1v) is 16.4. The van der Waals surface area contributed by atoms with Crippen molar-refractivity contribution in [2.45, 2.75) is 18.9 Å². The fourth-order valence-electron chi connectivity index (χ4n) is 6.01. The maximum atomic E-state index is 12.5. The van der Waals surface area contributed by atoms with E-state index in [0.717, 1.165) is 68.9 Å². The maximum absolute atomic E-state index is 12.5.